The van der Waals surface area contributed by atoms with Gasteiger partial charge in [-0.2, -0.15) is 0 Å². The van der Waals surface area contributed by atoms with Crippen LogP contribution in [0.15, 0.2) is 24.3 Å². The van der Waals surface area contributed by atoms with Crippen molar-refractivity contribution in [2.45, 2.75) is 32.4 Å². The maximum Gasteiger partial charge on any atom is 0.258 e. The smallest absolute Gasteiger partial charge is 0.258 e. The second-order valence-electron chi connectivity index (χ2n) is 4.52. The molecule has 0 aliphatic heterocycles. The van der Waals surface area contributed by atoms with Crippen molar-refractivity contribution in [1.29, 1.82) is 0 Å². The summed E-state index contributed by atoms with van der Waals surface area (Å²) in [4.78, 5) is 11.5. The van der Waals surface area contributed by atoms with Gasteiger partial charge in [0, 0.05) is 18.2 Å². The van der Waals surface area contributed by atoms with Crippen LogP contribution in [0.1, 0.15) is 25.3 Å². The van der Waals surface area contributed by atoms with Gasteiger partial charge in [0.15, 0.2) is 6.61 Å². The average molecular weight is 248 g/mol. The summed E-state index contributed by atoms with van der Waals surface area (Å²) in [6.45, 7) is 3.83. The Morgan fingerprint density at radius 2 is 2.17 bits per heavy atom. The molecule has 2 N–H and O–H groups in total. The molecule has 98 valence electrons. The highest BCUT2D eigenvalue weighted by atomic mass is 16.5. The lowest BCUT2D eigenvalue weighted by molar-refractivity contribution is -0.123. The number of rotatable bonds is 7. The maximum atomic E-state index is 11.5. The molecule has 1 aromatic carbocycles. The number of ether oxygens (including phenoxy) is 1. The molecule has 1 amide bonds. The van der Waals surface area contributed by atoms with E-state index in [1.165, 1.54) is 0 Å². The largest absolute Gasteiger partial charge is 0.483 e. The minimum atomic E-state index is -0.0317. The molecule has 0 atom stereocenters. The van der Waals surface area contributed by atoms with Gasteiger partial charge in [-0.15, -0.1) is 0 Å². The van der Waals surface area contributed by atoms with Gasteiger partial charge in [0.25, 0.3) is 5.91 Å². The summed E-state index contributed by atoms with van der Waals surface area (Å²) >= 11 is 0. The molecule has 1 aliphatic carbocycles. The van der Waals surface area contributed by atoms with E-state index in [9.17, 15) is 4.79 Å². The Morgan fingerprint density at radius 1 is 1.39 bits per heavy atom. The van der Waals surface area contributed by atoms with Gasteiger partial charge in [0.1, 0.15) is 5.75 Å². The Hall–Kier alpha value is -1.55. The van der Waals surface area contributed by atoms with Gasteiger partial charge in [-0.05, 0) is 25.5 Å². The second kappa shape index (κ2) is 6.40. The van der Waals surface area contributed by atoms with E-state index >= 15 is 0 Å². The molecule has 0 bridgehead atoms. The lowest BCUT2D eigenvalue weighted by Gasteiger charge is -2.11. The first-order valence-corrected chi connectivity index (χ1v) is 6.50. The van der Waals surface area contributed by atoms with Crippen LogP contribution in [0.25, 0.3) is 0 Å². The number of carbonyl (C=O) groups is 1. The van der Waals surface area contributed by atoms with E-state index in [1.54, 1.807) is 0 Å². The number of hydrogen-bond acceptors (Lipinski definition) is 3. The van der Waals surface area contributed by atoms with Gasteiger partial charge in [0.2, 0.25) is 0 Å². The number of carbonyl (C=O) groups excluding carboxylic acids is 1. The van der Waals surface area contributed by atoms with Crippen LogP contribution in [-0.2, 0) is 11.3 Å². The predicted molar refractivity (Wildman–Crippen MR) is 70.5 cm³/mol. The fraction of sp³-hybridized carbons (Fsp3) is 0.500. The van der Waals surface area contributed by atoms with Crippen molar-refractivity contribution in [1.82, 2.24) is 10.6 Å². The summed E-state index contributed by atoms with van der Waals surface area (Å²) in [5.74, 6) is 0.750. The summed E-state index contributed by atoms with van der Waals surface area (Å²) in [5, 5.41) is 6.16. The Labute approximate surface area is 108 Å². The van der Waals surface area contributed by atoms with Gasteiger partial charge in [0.05, 0.1) is 0 Å². The van der Waals surface area contributed by atoms with Crippen molar-refractivity contribution in [3.63, 3.8) is 0 Å². The molecule has 18 heavy (non-hydrogen) atoms. The van der Waals surface area contributed by atoms with Crippen LogP contribution in [0.2, 0.25) is 0 Å². The molecule has 1 fully saturated rings. The van der Waals surface area contributed by atoms with Gasteiger partial charge >= 0.3 is 0 Å². The van der Waals surface area contributed by atoms with Crippen molar-refractivity contribution in [3.8, 4) is 5.75 Å². The number of benzene rings is 1. The van der Waals surface area contributed by atoms with Crippen molar-refractivity contribution in [2.75, 3.05) is 13.2 Å². The fourth-order valence-corrected chi connectivity index (χ4v) is 1.69. The Balaban J connectivity index is 1.84. The first-order chi connectivity index (χ1) is 8.79. The van der Waals surface area contributed by atoms with Crippen LogP contribution >= 0.6 is 0 Å². The molecule has 1 aromatic rings. The van der Waals surface area contributed by atoms with Crippen molar-refractivity contribution in [2.24, 2.45) is 0 Å². The van der Waals surface area contributed by atoms with E-state index in [1.807, 2.05) is 24.3 Å². The summed E-state index contributed by atoms with van der Waals surface area (Å²) in [6, 6.07) is 8.19. The number of hydrogen-bond donors (Lipinski definition) is 2. The molecule has 0 aromatic heterocycles. The molecular weight excluding hydrogens is 228 g/mol. The van der Waals surface area contributed by atoms with Crippen LogP contribution in [0.4, 0.5) is 0 Å². The van der Waals surface area contributed by atoms with E-state index in [2.05, 4.69) is 17.6 Å². The van der Waals surface area contributed by atoms with Crippen molar-refractivity contribution >= 4 is 5.91 Å². The third-order valence-electron chi connectivity index (χ3n) is 2.84. The quantitative estimate of drug-likeness (QED) is 0.768. The van der Waals surface area contributed by atoms with E-state index in [0.29, 0.717) is 6.04 Å². The van der Waals surface area contributed by atoms with E-state index in [4.69, 9.17) is 4.74 Å². The van der Waals surface area contributed by atoms with Gasteiger partial charge in [-0.25, -0.2) is 0 Å². The molecule has 4 nitrogen and oxygen atoms in total. The maximum absolute atomic E-state index is 11.5. The van der Waals surface area contributed by atoms with E-state index in [-0.39, 0.29) is 12.5 Å². The molecule has 0 radical (unpaired) electrons. The monoisotopic (exact) mass is 248 g/mol. The summed E-state index contributed by atoms with van der Waals surface area (Å²) in [7, 11) is 0. The summed E-state index contributed by atoms with van der Waals surface area (Å²) < 4.78 is 5.57. The minimum absolute atomic E-state index is 0.0317. The highest BCUT2D eigenvalue weighted by Gasteiger charge is 2.23. The molecule has 2 rings (SSSR count). The standard InChI is InChI=1S/C14H20N2O2/c1-2-15-9-11-5-3-4-6-13(11)18-10-14(17)16-12-7-8-12/h3-6,12,15H,2,7-10H2,1H3,(H,16,17). The number of nitrogens with one attached hydrogen (secondary N) is 2. The van der Waals surface area contributed by atoms with Gasteiger partial charge in [-0.3, -0.25) is 4.79 Å². The van der Waals surface area contributed by atoms with Gasteiger partial charge < -0.3 is 15.4 Å². The highest BCUT2D eigenvalue weighted by Crippen LogP contribution is 2.19. The summed E-state index contributed by atoms with van der Waals surface area (Å²) in [5.41, 5.74) is 1.08. The van der Waals surface area contributed by atoms with Crippen molar-refractivity contribution in [3.05, 3.63) is 29.8 Å². The Bertz CT molecular complexity index is 403. The molecule has 4 heteroatoms. The van der Waals surface area contributed by atoms with Crippen molar-refractivity contribution < 1.29 is 9.53 Å². The molecular formula is C14H20N2O2. The Morgan fingerprint density at radius 3 is 2.89 bits per heavy atom. The highest BCUT2D eigenvalue weighted by molar-refractivity contribution is 5.78. The molecule has 0 unspecified atom stereocenters. The first kappa shape index (κ1) is 12.9. The van der Waals surface area contributed by atoms with Gasteiger partial charge in [-0.1, -0.05) is 25.1 Å². The molecule has 0 saturated heterocycles. The third-order valence-corrected chi connectivity index (χ3v) is 2.84. The van der Waals surface area contributed by atoms with Crippen LogP contribution in [-0.4, -0.2) is 25.1 Å². The predicted octanol–water partition coefficient (Wildman–Crippen LogP) is 1.45. The lowest BCUT2D eigenvalue weighted by Crippen LogP contribution is -2.30. The third kappa shape index (κ3) is 4.04. The lowest BCUT2D eigenvalue weighted by atomic mass is 10.2. The number of para-hydroxylation sites is 1. The number of amides is 1. The molecule has 1 aliphatic rings. The van der Waals surface area contributed by atoms with Crippen LogP contribution < -0.4 is 15.4 Å². The van der Waals surface area contributed by atoms with Crippen LogP contribution in [0.3, 0.4) is 0 Å². The van der Waals surface area contributed by atoms with Crippen LogP contribution in [0.5, 0.6) is 5.75 Å². The average Bonchev–Trinajstić information content (AvgIpc) is 3.18. The zero-order valence-corrected chi connectivity index (χ0v) is 10.7. The Kier molecular flexibility index (Phi) is 4.59. The van der Waals surface area contributed by atoms with Crippen LogP contribution in [0, 0.1) is 0 Å². The first-order valence-electron chi connectivity index (χ1n) is 6.50. The van der Waals surface area contributed by atoms with E-state index in [0.717, 1.165) is 37.2 Å². The minimum Gasteiger partial charge on any atom is -0.483 e. The second-order valence-corrected chi connectivity index (χ2v) is 4.52. The topological polar surface area (TPSA) is 50.4 Å². The molecule has 1 saturated carbocycles. The zero-order chi connectivity index (χ0) is 12.8. The zero-order valence-electron chi connectivity index (χ0n) is 10.7. The molecule has 0 heterocycles. The fourth-order valence-electron chi connectivity index (χ4n) is 1.69. The van der Waals surface area contributed by atoms with E-state index < -0.39 is 0 Å². The molecule has 0 spiro atoms. The SMILES string of the molecule is CCNCc1ccccc1OCC(=O)NC1CC1. The normalized spacial score (nSPS) is 14.3. The summed E-state index contributed by atoms with van der Waals surface area (Å²) in [6.07, 6.45) is 2.20.